The normalized spacial score (nSPS) is 38.5. The monoisotopic (exact) mass is 461 g/mol. The van der Waals surface area contributed by atoms with E-state index < -0.39 is 5.97 Å². The molecular weight excluding hydrogens is 426 g/mol. The molecule has 1 aromatic heterocycles. The summed E-state index contributed by atoms with van der Waals surface area (Å²) in [5, 5.41) is 0. The first-order valence-electron chi connectivity index (χ1n) is 13.5. The minimum absolute atomic E-state index is 0.0709. The Morgan fingerprint density at radius 2 is 1.74 bits per heavy atom. The van der Waals surface area contributed by atoms with Crippen LogP contribution in [0.15, 0.2) is 29.1 Å². The molecule has 6 aliphatic rings. The Kier molecular flexibility index (Phi) is 4.74. The third kappa shape index (κ3) is 2.93. The molecule has 6 heteroatoms. The lowest BCUT2D eigenvalue weighted by atomic mass is 9.73. The molecule has 6 fully saturated rings. The summed E-state index contributed by atoms with van der Waals surface area (Å²) in [6, 6.07) is 8.95. The van der Waals surface area contributed by atoms with Crippen molar-refractivity contribution in [1.82, 2.24) is 14.5 Å². The Balaban J connectivity index is 1.28. The van der Waals surface area contributed by atoms with Crippen LogP contribution in [0, 0.1) is 17.8 Å². The highest BCUT2D eigenvalue weighted by Gasteiger charge is 2.63. The highest BCUT2D eigenvalue weighted by Crippen LogP contribution is 2.65. The third-order valence-electron chi connectivity index (χ3n) is 10.0. The lowest BCUT2D eigenvalue weighted by Gasteiger charge is -2.58. The molecule has 6 nitrogen and oxygen atoms in total. The maximum absolute atomic E-state index is 13.7. The zero-order chi connectivity index (χ0) is 23.0. The van der Waals surface area contributed by atoms with Crippen molar-refractivity contribution in [3.8, 4) is 0 Å². The van der Waals surface area contributed by atoms with Gasteiger partial charge in [0.1, 0.15) is 0 Å². The molecular formula is C28H35N3O3. The van der Waals surface area contributed by atoms with E-state index in [1.54, 1.807) is 6.92 Å². The van der Waals surface area contributed by atoms with Gasteiger partial charge in [-0.3, -0.25) is 9.69 Å². The molecule has 0 N–H and O–H groups in total. The van der Waals surface area contributed by atoms with Crippen LogP contribution in [0.2, 0.25) is 0 Å². The predicted molar refractivity (Wildman–Crippen MR) is 130 cm³/mol. The molecule has 2 saturated heterocycles. The number of aromatic nitrogens is 2. The van der Waals surface area contributed by atoms with E-state index in [9.17, 15) is 9.59 Å². The number of esters is 1. The van der Waals surface area contributed by atoms with Gasteiger partial charge in [0.2, 0.25) is 5.69 Å². The van der Waals surface area contributed by atoms with E-state index in [-0.39, 0.29) is 23.9 Å². The van der Waals surface area contributed by atoms with Crippen LogP contribution in [0.25, 0.3) is 11.0 Å². The van der Waals surface area contributed by atoms with E-state index in [0.717, 1.165) is 36.1 Å². The fourth-order valence-corrected chi connectivity index (χ4v) is 9.31. The number of para-hydroxylation sites is 2. The van der Waals surface area contributed by atoms with E-state index in [1.807, 2.05) is 28.8 Å². The Labute approximate surface area is 200 Å². The first-order chi connectivity index (χ1) is 16.6. The number of nitrogens with zero attached hydrogens (tertiary/aromatic N) is 3. The molecule has 0 radical (unpaired) electrons. The summed E-state index contributed by atoms with van der Waals surface area (Å²) in [5.74, 6) is 2.20. The van der Waals surface area contributed by atoms with E-state index >= 15 is 0 Å². The number of hydrogen-bond acceptors (Lipinski definition) is 5. The Morgan fingerprint density at radius 3 is 2.44 bits per heavy atom. The van der Waals surface area contributed by atoms with Gasteiger partial charge in [-0.2, -0.15) is 0 Å². The standard InChI is InChI=1S/C28H35N3O3/c1-2-34-27(33)25-26(32)30(24-9-4-3-8-23(24)29-25)22-13-20-6-5-7-21(14-22)31(20)28-15-17-10-18(16-28)12-19(28)11-17/h3-4,8-9,17-22H,2,5-7,10-16H2,1H3/t17?,18?,19?,20-,21+,22?,28?. The number of carbonyl (C=O) groups excluding carboxylic acids is 1. The Hall–Kier alpha value is -2.21. The van der Waals surface area contributed by atoms with Crippen LogP contribution >= 0.6 is 0 Å². The van der Waals surface area contributed by atoms with Crippen LogP contribution in [0.5, 0.6) is 0 Å². The zero-order valence-corrected chi connectivity index (χ0v) is 20.1. The predicted octanol–water partition coefficient (Wildman–Crippen LogP) is 4.71. The molecule has 4 saturated carbocycles. The molecule has 1 aromatic carbocycles. The minimum Gasteiger partial charge on any atom is -0.461 e. The highest BCUT2D eigenvalue weighted by atomic mass is 16.5. The molecule has 5 atom stereocenters. The molecule has 4 aliphatic carbocycles. The molecule has 8 rings (SSSR count). The number of piperidine rings is 2. The van der Waals surface area contributed by atoms with Crippen molar-refractivity contribution in [3.63, 3.8) is 0 Å². The van der Waals surface area contributed by atoms with Gasteiger partial charge in [0.15, 0.2) is 0 Å². The average Bonchev–Trinajstić information content (AvgIpc) is 3.22. The fourth-order valence-electron chi connectivity index (χ4n) is 9.31. The summed E-state index contributed by atoms with van der Waals surface area (Å²) in [4.78, 5) is 33.7. The summed E-state index contributed by atoms with van der Waals surface area (Å²) in [5.41, 5.74) is 1.63. The maximum Gasteiger partial charge on any atom is 0.362 e. The van der Waals surface area contributed by atoms with Gasteiger partial charge in [0, 0.05) is 23.7 Å². The zero-order valence-electron chi connectivity index (χ0n) is 20.1. The second-order valence-electron chi connectivity index (χ2n) is 11.8. The first-order valence-corrected chi connectivity index (χ1v) is 13.5. The third-order valence-corrected chi connectivity index (χ3v) is 10.0. The van der Waals surface area contributed by atoms with Crippen molar-refractivity contribution in [2.45, 2.75) is 94.8 Å². The molecule has 3 heterocycles. The Morgan fingerprint density at radius 1 is 1.03 bits per heavy atom. The largest absolute Gasteiger partial charge is 0.461 e. The smallest absolute Gasteiger partial charge is 0.362 e. The summed E-state index contributed by atoms with van der Waals surface area (Å²) in [7, 11) is 0. The highest BCUT2D eigenvalue weighted by molar-refractivity contribution is 5.89. The molecule has 180 valence electrons. The number of carbonyl (C=O) groups is 1. The number of fused-ring (bicyclic) bond motifs is 3. The lowest BCUT2D eigenvalue weighted by molar-refractivity contribution is -0.0816. The summed E-state index contributed by atoms with van der Waals surface area (Å²) >= 11 is 0. The minimum atomic E-state index is -0.609. The van der Waals surface area contributed by atoms with E-state index in [2.05, 4.69) is 9.88 Å². The molecule has 6 bridgehead atoms. The van der Waals surface area contributed by atoms with Crippen LogP contribution in [0.4, 0.5) is 0 Å². The van der Waals surface area contributed by atoms with Crippen molar-refractivity contribution in [1.29, 1.82) is 0 Å². The first kappa shape index (κ1) is 21.1. The molecule has 2 aromatic rings. The van der Waals surface area contributed by atoms with Gasteiger partial charge in [-0.15, -0.1) is 0 Å². The van der Waals surface area contributed by atoms with Crippen molar-refractivity contribution in [3.05, 3.63) is 40.3 Å². The lowest BCUT2D eigenvalue weighted by Crippen LogP contribution is -2.63. The topological polar surface area (TPSA) is 64.4 Å². The van der Waals surface area contributed by atoms with Crippen LogP contribution in [0.3, 0.4) is 0 Å². The Bertz CT molecular complexity index is 1180. The average molecular weight is 462 g/mol. The van der Waals surface area contributed by atoms with Crippen molar-refractivity contribution in [2.75, 3.05) is 6.61 Å². The molecule has 0 spiro atoms. The summed E-state index contributed by atoms with van der Waals surface area (Å²) in [6.07, 6.45) is 13.0. The van der Waals surface area contributed by atoms with E-state index in [4.69, 9.17) is 4.74 Å². The van der Waals surface area contributed by atoms with Gasteiger partial charge < -0.3 is 9.30 Å². The van der Waals surface area contributed by atoms with Gasteiger partial charge in [0.05, 0.1) is 17.6 Å². The number of rotatable bonds is 4. The second-order valence-corrected chi connectivity index (χ2v) is 11.8. The van der Waals surface area contributed by atoms with E-state index in [0.29, 0.717) is 23.1 Å². The molecule has 34 heavy (non-hydrogen) atoms. The van der Waals surface area contributed by atoms with Gasteiger partial charge in [0.25, 0.3) is 5.56 Å². The number of ether oxygens (including phenoxy) is 1. The summed E-state index contributed by atoms with van der Waals surface area (Å²) < 4.78 is 7.11. The van der Waals surface area contributed by atoms with Crippen LogP contribution in [0.1, 0.15) is 87.7 Å². The molecule has 2 aliphatic heterocycles. The number of hydrogen-bond donors (Lipinski definition) is 0. The van der Waals surface area contributed by atoms with Crippen molar-refractivity contribution < 1.29 is 9.53 Å². The van der Waals surface area contributed by atoms with Crippen LogP contribution < -0.4 is 5.56 Å². The van der Waals surface area contributed by atoms with Crippen LogP contribution in [-0.2, 0) is 4.74 Å². The van der Waals surface area contributed by atoms with Gasteiger partial charge in [-0.1, -0.05) is 18.6 Å². The molecule has 0 amide bonds. The van der Waals surface area contributed by atoms with E-state index in [1.165, 1.54) is 51.4 Å². The maximum atomic E-state index is 13.7. The summed E-state index contributed by atoms with van der Waals surface area (Å²) in [6.45, 7) is 2.00. The van der Waals surface area contributed by atoms with Gasteiger partial charge >= 0.3 is 5.97 Å². The number of benzene rings is 1. The SMILES string of the molecule is CCOC(=O)c1nc2ccccc2n(C2C[C@H]3CCC[C@@H](C2)N3C23CC4CC(CC2C4)C3)c1=O. The van der Waals surface area contributed by atoms with Crippen molar-refractivity contribution >= 4 is 17.0 Å². The van der Waals surface area contributed by atoms with Gasteiger partial charge in [-0.05, 0) is 94.6 Å². The van der Waals surface area contributed by atoms with Crippen molar-refractivity contribution in [2.24, 2.45) is 17.8 Å². The molecule has 3 unspecified atom stereocenters. The second kappa shape index (κ2) is 7.64. The van der Waals surface area contributed by atoms with Gasteiger partial charge in [-0.25, -0.2) is 9.78 Å². The fraction of sp³-hybridized carbons (Fsp3) is 0.679. The quantitative estimate of drug-likeness (QED) is 0.617. The van der Waals surface area contributed by atoms with Crippen LogP contribution in [-0.4, -0.2) is 44.6 Å².